The van der Waals surface area contributed by atoms with Crippen LogP contribution >= 0.6 is 0 Å². The van der Waals surface area contributed by atoms with Gasteiger partial charge in [0.25, 0.3) is 11.5 Å². The normalized spacial score (nSPS) is 17.3. The number of hydrogen-bond acceptors (Lipinski definition) is 5. The lowest BCUT2D eigenvalue weighted by molar-refractivity contribution is 0.102. The summed E-state index contributed by atoms with van der Waals surface area (Å²) in [6.07, 6.45) is 6.84. The highest BCUT2D eigenvalue weighted by Gasteiger charge is 2.22. The minimum absolute atomic E-state index is 0.143. The second-order valence-electron chi connectivity index (χ2n) is 8.22. The van der Waals surface area contributed by atoms with Crippen LogP contribution < -0.4 is 10.9 Å². The smallest absolute Gasteiger partial charge is 0.260 e. The van der Waals surface area contributed by atoms with E-state index in [1.54, 1.807) is 31.4 Å². The zero-order valence-electron chi connectivity index (χ0n) is 17.6. The van der Waals surface area contributed by atoms with Gasteiger partial charge in [-0.05, 0) is 50.7 Å². The number of pyridine rings is 1. The van der Waals surface area contributed by atoms with E-state index in [4.69, 9.17) is 0 Å². The first-order valence-electron chi connectivity index (χ1n) is 10.5. The van der Waals surface area contributed by atoms with Crippen molar-refractivity contribution in [1.82, 2.24) is 24.4 Å². The second-order valence-corrected chi connectivity index (χ2v) is 8.22. The highest BCUT2D eigenvalue weighted by Crippen LogP contribution is 2.31. The van der Waals surface area contributed by atoms with Crippen molar-refractivity contribution in [1.29, 1.82) is 0 Å². The van der Waals surface area contributed by atoms with E-state index in [1.807, 2.05) is 6.07 Å². The molecule has 8 heteroatoms. The number of aryl methyl sites for hydroxylation is 1. The van der Waals surface area contributed by atoms with E-state index in [-0.39, 0.29) is 11.5 Å². The molecule has 2 N–H and O–H groups in total. The van der Waals surface area contributed by atoms with Crippen LogP contribution in [0.3, 0.4) is 0 Å². The molecular weight excluding hydrogens is 392 g/mol. The van der Waals surface area contributed by atoms with Crippen LogP contribution in [0.4, 0.5) is 5.82 Å². The molecule has 1 amide bonds. The van der Waals surface area contributed by atoms with Crippen molar-refractivity contribution in [2.75, 3.05) is 18.9 Å². The third kappa shape index (κ3) is 3.59. The number of fused-ring (bicyclic) bond motifs is 2. The quantitative estimate of drug-likeness (QED) is 0.535. The number of rotatable bonds is 3. The van der Waals surface area contributed by atoms with Crippen LogP contribution in [0.25, 0.3) is 21.8 Å². The SMILES string of the molecule is CN1CCCC[C@@H]1c1cc2cnc(NC(=O)c3ccc4c(=O)n(C)cnc4c3)cc2[nH]1. The molecule has 5 rings (SSSR count). The first-order valence-corrected chi connectivity index (χ1v) is 10.5. The summed E-state index contributed by atoms with van der Waals surface area (Å²) in [5, 5.41) is 4.35. The molecule has 0 spiro atoms. The van der Waals surface area contributed by atoms with E-state index >= 15 is 0 Å². The minimum Gasteiger partial charge on any atom is -0.357 e. The number of piperidine rings is 1. The molecule has 1 aliphatic heterocycles. The number of likely N-dealkylation sites (tertiary alicyclic amines) is 1. The zero-order valence-corrected chi connectivity index (χ0v) is 17.6. The number of aromatic nitrogens is 4. The predicted octanol–water partition coefficient (Wildman–Crippen LogP) is 3.22. The summed E-state index contributed by atoms with van der Waals surface area (Å²) in [6, 6.07) is 9.27. The number of aromatic amines is 1. The van der Waals surface area contributed by atoms with Crippen LogP contribution in [0, 0.1) is 0 Å². The molecule has 0 radical (unpaired) electrons. The monoisotopic (exact) mass is 416 g/mol. The summed E-state index contributed by atoms with van der Waals surface area (Å²) >= 11 is 0. The lowest BCUT2D eigenvalue weighted by Crippen LogP contribution is -2.29. The number of hydrogen-bond donors (Lipinski definition) is 2. The fourth-order valence-corrected chi connectivity index (χ4v) is 4.30. The summed E-state index contributed by atoms with van der Waals surface area (Å²) < 4.78 is 1.41. The molecule has 1 atom stereocenters. The van der Waals surface area contributed by atoms with Crippen molar-refractivity contribution in [3.8, 4) is 0 Å². The molecule has 4 heterocycles. The maximum atomic E-state index is 12.8. The molecular formula is C23H24N6O2. The summed E-state index contributed by atoms with van der Waals surface area (Å²) in [7, 11) is 3.81. The van der Waals surface area contributed by atoms with Gasteiger partial charge in [-0.3, -0.25) is 14.5 Å². The van der Waals surface area contributed by atoms with Crippen LogP contribution in [0.2, 0.25) is 0 Å². The Morgan fingerprint density at radius 3 is 2.87 bits per heavy atom. The van der Waals surface area contributed by atoms with E-state index < -0.39 is 0 Å². The van der Waals surface area contributed by atoms with Gasteiger partial charge in [0.2, 0.25) is 0 Å². The van der Waals surface area contributed by atoms with Gasteiger partial charge in [-0.15, -0.1) is 0 Å². The summed E-state index contributed by atoms with van der Waals surface area (Å²) in [6.45, 7) is 1.10. The molecule has 1 saturated heterocycles. The fourth-order valence-electron chi connectivity index (χ4n) is 4.30. The van der Waals surface area contributed by atoms with Gasteiger partial charge in [0.05, 0.1) is 22.7 Å². The average Bonchev–Trinajstić information content (AvgIpc) is 3.19. The number of H-pyrrole nitrogens is 1. The molecule has 0 unspecified atom stereocenters. The number of carbonyl (C=O) groups is 1. The lowest BCUT2D eigenvalue weighted by Gasteiger charge is -2.31. The average molecular weight is 416 g/mol. The van der Waals surface area contributed by atoms with E-state index in [1.165, 1.54) is 29.4 Å². The number of nitrogens with zero attached hydrogens (tertiary/aromatic N) is 4. The number of carbonyl (C=O) groups excluding carboxylic acids is 1. The molecule has 158 valence electrons. The van der Waals surface area contributed by atoms with Crippen molar-refractivity contribution in [2.24, 2.45) is 7.05 Å². The van der Waals surface area contributed by atoms with E-state index in [0.29, 0.717) is 28.3 Å². The van der Waals surface area contributed by atoms with Gasteiger partial charge in [0, 0.05) is 42.0 Å². The highest BCUT2D eigenvalue weighted by molar-refractivity contribution is 6.06. The summed E-state index contributed by atoms with van der Waals surface area (Å²) in [4.78, 5) is 39.5. The van der Waals surface area contributed by atoms with Crippen LogP contribution in [0.15, 0.2) is 47.7 Å². The van der Waals surface area contributed by atoms with Gasteiger partial charge in [-0.1, -0.05) is 6.42 Å². The first-order chi connectivity index (χ1) is 15.0. The van der Waals surface area contributed by atoms with Crippen molar-refractivity contribution >= 4 is 33.5 Å². The van der Waals surface area contributed by atoms with E-state index in [2.05, 4.69) is 38.3 Å². The van der Waals surface area contributed by atoms with Crippen LogP contribution in [-0.2, 0) is 7.05 Å². The standard InChI is InChI=1S/C23H24N6O2/c1-28-8-4-3-5-20(28)19-10-15-12-24-21(11-17(15)26-19)27-22(30)14-6-7-16-18(9-14)25-13-29(2)23(16)31/h6-7,9-13,20,26H,3-5,8H2,1-2H3,(H,24,27,30)/t20-/m1/s1. The first kappa shape index (κ1) is 19.4. The molecule has 3 aromatic heterocycles. The fraction of sp³-hybridized carbons (Fsp3) is 0.304. The molecule has 0 aliphatic carbocycles. The molecule has 1 aromatic carbocycles. The number of anilines is 1. The topological polar surface area (TPSA) is 95.9 Å². The molecule has 0 saturated carbocycles. The van der Waals surface area contributed by atoms with Crippen LogP contribution in [0.5, 0.6) is 0 Å². The van der Waals surface area contributed by atoms with Crippen molar-refractivity contribution in [2.45, 2.75) is 25.3 Å². The Hall–Kier alpha value is -3.52. The Morgan fingerprint density at radius 2 is 2.03 bits per heavy atom. The van der Waals surface area contributed by atoms with Crippen molar-refractivity contribution in [3.05, 3.63) is 64.5 Å². The Labute approximate surface area is 178 Å². The summed E-state index contributed by atoms with van der Waals surface area (Å²) in [5.74, 6) is 0.176. The minimum atomic E-state index is -0.296. The van der Waals surface area contributed by atoms with Gasteiger partial charge >= 0.3 is 0 Å². The number of benzene rings is 1. The Morgan fingerprint density at radius 1 is 1.16 bits per heavy atom. The van der Waals surface area contributed by atoms with Crippen molar-refractivity contribution < 1.29 is 4.79 Å². The molecule has 1 fully saturated rings. The zero-order chi connectivity index (χ0) is 21.5. The van der Waals surface area contributed by atoms with Crippen LogP contribution in [0.1, 0.15) is 41.4 Å². The Balaban J connectivity index is 1.39. The molecule has 31 heavy (non-hydrogen) atoms. The second kappa shape index (κ2) is 7.63. The Kier molecular flexibility index (Phi) is 4.78. The Bertz CT molecular complexity index is 1360. The molecule has 0 bridgehead atoms. The summed E-state index contributed by atoms with van der Waals surface area (Å²) in [5.41, 5.74) is 2.90. The van der Waals surface area contributed by atoms with Gasteiger partial charge in [-0.25, -0.2) is 9.97 Å². The molecule has 4 aromatic rings. The maximum absolute atomic E-state index is 12.8. The maximum Gasteiger partial charge on any atom is 0.260 e. The predicted molar refractivity (Wildman–Crippen MR) is 120 cm³/mol. The van der Waals surface area contributed by atoms with Gasteiger partial charge in [0.15, 0.2) is 0 Å². The largest absolute Gasteiger partial charge is 0.357 e. The van der Waals surface area contributed by atoms with E-state index in [9.17, 15) is 9.59 Å². The van der Waals surface area contributed by atoms with Crippen LogP contribution in [-0.4, -0.2) is 43.9 Å². The van der Waals surface area contributed by atoms with Gasteiger partial charge in [-0.2, -0.15) is 0 Å². The number of nitrogens with one attached hydrogen (secondary N) is 2. The van der Waals surface area contributed by atoms with Gasteiger partial charge in [0.1, 0.15) is 5.82 Å². The van der Waals surface area contributed by atoms with Gasteiger partial charge < -0.3 is 14.9 Å². The highest BCUT2D eigenvalue weighted by atomic mass is 16.1. The third-order valence-electron chi connectivity index (χ3n) is 6.08. The third-order valence-corrected chi connectivity index (χ3v) is 6.08. The number of amides is 1. The van der Waals surface area contributed by atoms with Crippen molar-refractivity contribution in [3.63, 3.8) is 0 Å². The molecule has 1 aliphatic rings. The molecule has 8 nitrogen and oxygen atoms in total. The lowest BCUT2D eigenvalue weighted by atomic mass is 10.0. The van der Waals surface area contributed by atoms with E-state index in [0.717, 1.165) is 23.9 Å².